The summed E-state index contributed by atoms with van der Waals surface area (Å²) in [6, 6.07) is 4.71. The first-order valence-corrected chi connectivity index (χ1v) is 10.1. The van der Waals surface area contributed by atoms with Crippen LogP contribution in [0.5, 0.6) is 11.5 Å². The number of fused-ring (bicyclic) bond motifs is 2. The smallest absolute Gasteiger partial charge is 0.165 e. The lowest BCUT2D eigenvalue weighted by atomic mass is 9.47. The topological polar surface area (TPSA) is 48.0 Å². The van der Waals surface area contributed by atoms with Crippen molar-refractivity contribution in [1.82, 2.24) is 4.90 Å². The van der Waals surface area contributed by atoms with Crippen molar-refractivity contribution in [3.63, 3.8) is 0 Å². The molecule has 144 valence electrons. The lowest BCUT2D eigenvalue weighted by Gasteiger charge is -2.61. The second-order valence-corrected chi connectivity index (χ2v) is 9.41. The number of piperidine rings is 1. The summed E-state index contributed by atoms with van der Waals surface area (Å²) in [5, 5.41) is 0. The van der Waals surface area contributed by atoms with Gasteiger partial charge in [0.2, 0.25) is 0 Å². The van der Waals surface area contributed by atoms with E-state index in [9.17, 15) is 4.79 Å². The van der Waals surface area contributed by atoms with Gasteiger partial charge in [0.15, 0.2) is 11.5 Å². The summed E-state index contributed by atoms with van der Waals surface area (Å²) >= 11 is 0. The zero-order chi connectivity index (χ0) is 18.8. The molecule has 2 aliphatic heterocycles. The summed E-state index contributed by atoms with van der Waals surface area (Å²) in [6.07, 6.45) is 3.83. The predicted molar refractivity (Wildman–Crippen MR) is 99.4 cm³/mol. The zero-order valence-corrected chi connectivity index (χ0v) is 16.5. The number of nitrogens with zero attached hydrogens (tertiary/aromatic N) is 1. The van der Waals surface area contributed by atoms with Crippen LogP contribution < -0.4 is 9.47 Å². The van der Waals surface area contributed by atoms with Crippen LogP contribution in [0.25, 0.3) is 0 Å². The van der Waals surface area contributed by atoms with E-state index in [1.807, 2.05) is 6.07 Å². The Labute approximate surface area is 160 Å². The summed E-state index contributed by atoms with van der Waals surface area (Å²) in [4.78, 5) is 15.2. The molecule has 27 heavy (non-hydrogen) atoms. The Morgan fingerprint density at radius 2 is 2.15 bits per heavy atom. The van der Waals surface area contributed by atoms with Crippen LogP contribution in [0.2, 0.25) is 0 Å². The molecule has 2 spiro atoms. The van der Waals surface area contributed by atoms with Crippen molar-refractivity contribution in [2.24, 2.45) is 11.3 Å². The third-order valence-corrected chi connectivity index (χ3v) is 8.95. The van der Waals surface area contributed by atoms with Gasteiger partial charge in [0.25, 0.3) is 0 Å². The summed E-state index contributed by atoms with van der Waals surface area (Å²) in [7, 11) is 5.74. The van der Waals surface area contributed by atoms with Gasteiger partial charge in [0.1, 0.15) is 17.5 Å². The van der Waals surface area contributed by atoms with Crippen LogP contribution in [-0.4, -0.2) is 56.2 Å². The summed E-state index contributed by atoms with van der Waals surface area (Å²) in [5.41, 5.74) is 2.23. The Bertz CT molecular complexity index is 883. The van der Waals surface area contributed by atoms with Crippen LogP contribution in [0.3, 0.4) is 0 Å². The van der Waals surface area contributed by atoms with E-state index in [0.29, 0.717) is 6.04 Å². The Morgan fingerprint density at radius 3 is 2.85 bits per heavy atom. The van der Waals surface area contributed by atoms with Gasteiger partial charge >= 0.3 is 0 Å². The SMILES string of the molecule is COc1ccc2c3c1OC1C4(OC)CC5(CC4C(C)=O)C(C2)N(C)CCC315. The molecule has 1 aromatic rings. The molecule has 5 aliphatic rings. The van der Waals surface area contributed by atoms with Crippen LogP contribution in [0.4, 0.5) is 0 Å². The fourth-order valence-corrected chi connectivity index (χ4v) is 8.11. The van der Waals surface area contributed by atoms with Crippen LogP contribution in [-0.2, 0) is 21.4 Å². The lowest BCUT2D eigenvalue weighted by Crippen LogP contribution is -2.69. The number of methoxy groups -OCH3 is 2. The van der Waals surface area contributed by atoms with Gasteiger partial charge in [-0.25, -0.2) is 0 Å². The predicted octanol–water partition coefficient (Wildman–Crippen LogP) is 2.34. The van der Waals surface area contributed by atoms with E-state index >= 15 is 0 Å². The molecule has 3 aliphatic carbocycles. The third-order valence-electron chi connectivity index (χ3n) is 8.95. The largest absolute Gasteiger partial charge is 0.493 e. The van der Waals surface area contributed by atoms with Crippen molar-refractivity contribution >= 4 is 5.78 Å². The van der Waals surface area contributed by atoms with E-state index in [1.165, 1.54) is 11.1 Å². The molecule has 6 unspecified atom stereocenters. The number of Topliss-reactive ketones (excluding diaryl/α,β-unsaturated/α-hetero) is 1. The Morgan fingerprint density at radius 1 is 1.33 bits per heavy atom. The standard InChI is InChI=1S/C22H27NO4/c1-12(24)14-10-20-11-22(14,26-4)19-21(20)7-8-23(2)16(20)9-13-5-6-15(25-3)18(27-19)17(13)21/h5-6,14,16,19H,7-11H2,1-4H3. The van der Waals surface area contributed by atoms with E-state index in [2.05, 4.69) is 18.0 Å². The van der Waals surface area contributed by atoms with Gasteiger partial charge in [-0.2, -0.15) is 0 Å². The molecule has 6 atom stereocenters. The number of ketones is 1. The fourth-order valence-electron chi connectivity index (χ4n) is 8.11. The average molecular weight is 369 g/mol. The number of ether oxygens (including phenoxy) is 3. The lowest BCUT2D eigenvalue weighted by molar-refractivity contribution is -0.157. The number of hydrogen-bond donors (Lipinski definition) is 0. The van der Waals surface area contributed by atoms with E-state index in [1.54, 1.807) is 21.1 Å². The minimum Gasteiger partial charge on any atom is -0.493 e. The van der Waals surface area contributed by atoms with Crippen molar-refractivity contribution in [1.29, 1.82) is 0 Å². The first-order chi connectivity index (χ1) is 12.9. The van der Waals surface area contributed by atoms with Gasteiger partial charge in [-0.1, -0.05) is 6.07 Å². The molecular weight excluding hydrogens is 342 g/mol. The van der Waals surface area contributed by atoms with E-state index in [4.69, 9.17) is 14.2 Å². The van der Waals surface area contributed by atoms with Gasteiger partial charge in [0.05, 0.1) is 13.0 Å². The minimum atomic E-state index is -0.527. The third kappa shape index (κ3) is 1.44. The highest BCUT2D eigenvalue weighted by Crippen LogP contribution is 2.79. The molecule has 0 radical (unpaired) electrons. The van der Waals surface area contributed by atoms with Gasteiger partial charge in [-0.15, -0.1) is 0 Å². The van der Waals surface area contributed by atoms with E-state index in [-0.39, 0.29) is 28.6 Å². The highest BCUT2D eigenvalue weighted by Gasteiger charge is 2.85. The first kappa shape index (κ1) is 16.4. The Balaban J connectivity index is 1.69. The highest BCUT2D eigenvalue weighted by atomic mass is 16.6. The molecule has 3 fully saturated rings. The number of likely N-dealkylation sites (tertiary alicyclic amines) is 1. The molecular formula is C22H27NO4. The van der Waals surface area contributed by atoms with Gasteiger partial charge in [0, 0.05) is 29.5 Å². The maximum absolute atomic E-state index is 12.7. The normalized spacial score (nSPS) is 45.6. The number of hydrogen-bond acceptors (Lipinski definition) is 5. The molecule has 0 amide bonds. The fraction of sp³-hybridized carbons (Fsp3) is 0.682. The monoisotopic (exact) mass is 369 g/mol. The second kappa shape index (κ2) is 4.69. The quantitative estimate of drug-likeness (QED) is 0.819. The molecule has 5 heteroatoms. The van der Waals surface area contributed by atoms with E-state index in [0.717, 1.165) is 43.7 Å². The first-order valence-electron chi connectivity index (χ1n) is 10.1. The molecule has 0 N–H and O–H groups in total. The molecule has 1 aromatic carbocycles. The number of rotatable bonds is 3. The minimum absolute atomic E-state index is 0.0433. The molecule has 5 nitrogen and oxygen atoms in total. The molecule has 0 aromatic heterocycles. The second-order valence-electron chi connectivity index (χ2n) is 9.41. The van der Waals surface area contributed by atoms with Crippen LogP contribution in [0.1, 0.15) is 37.3 Å². The van der Waals surface area contributed by atoms with Crippen molar-refractivity contribution in [2.75, 3.05) is 27.8 Å². The van der Waals surface area contributed by atoms with Gasteiger partial charge < -0.3 is 19.1 Å². The maximum Gasteiger partial charge on any atom is 0.165 e. The number of likely N-dealkylation sites (N-methyl/N-ethyl adjacent to an activating group) is 1. The van der Waals surface area contributed by atoms with Crippen LogP contribution in [0.15, 0.2) is 12.1 Å². The maximum atomic E-state index is 12.7. The van der Waals surface area contributed by atoms with Gasteiger partial charge in [-0.05, 0) is 57.8 Å². The number of carbonyl (C=O) groups is 1. The molecule has 2 heterocycles. The average Bonchev–Trinajstić information content (AvgIpc) is 3.26. The van der Waals surface area contributed by atoms with Crippen LogP contribution >= 0.6 is 0 Å². The molecule has 4 bridgehead atoms. The summed E-state index contributed by atoms with van der Waals surface area (Å²) < 4.78 is 18.7. The highest BCUT2D eigenvalue weighted by molar-refractivity contribution is 5.82. The van der Waals surface area contributed by atoms with E-state index < -0.39 is 5.60 Å². The Kier molecular flexibility index (Phi) is 2.84. The van der Waals surface area contributed by atoms with Crippen LogP contribution in [0, 0.1) is 11.3 Å². The molecule has 2 saturated carbocycles. The van der Waals surface area contributed by atoms with Crippen molar-refractivity contribution in [3.05, 3.63) is 23.3 Å². The number of benzene rings is 1. The summed E-state index contributed by atoms with van der Waals surface area (Å²) in [6.45, 7) is 2.79. The number of carbonyl (C=O) groups excluding carboxylic acids is 1. The van der Waals surface area contributed by atoms with Crippen molar-refractivity contribution < 1.29 is 19.0 Å². The molecule has 6 rings (SSSR count). The Hall–Kier alpha value is -1.59. The zero-order valence-electron chi connectivity index (χ0n) is 16.5. The summed E-state index contributed by atoms with van der Waals surface area (Å²) in [5.74, 6) is 1.88. The van der Waals surface area contributed by atoms with Crippen molar-refractivity contribution in [2.45, 2.75) is 55.8 Å². The van der Waals surface area contributed by atoms with Gasteiger partial charge in [-0.3, -0.25) is 4.79 Å². The van der Waals surface area contributed by atoms with Crippen molar-refractivity contribution in [3.8, 4) is 11.5 Å². The molecule has 1 saturated heterocycles.